The van der Waals surface area contributed by atoms with E-state index in [1.54, 1.807) is 6.26 Å². The van der Waals surface area contributed by atoms with Crippen molar-refractivity contribution in [1.82, 2.24) is 19.9 Å². The number of anilines is 1. The van der Waals surface area contributed by atoms with Crippen molar-refractivity contribution in [2.24, 2.45) is 0 Å². The number of H-pyrrole nitrogens is 1. The van der Waals surface area contributed by atoms with Crippen LogP contribution in [0.3, 0.4) is 0 Å². The highest BCUT2D eigenvalue weighted by atomic mass is 127. The molecule has 1 aliphatic heterocycles. The zero-order valence-electron chi connectivity index (χ0n) is 11.6. The van der Waals surface area contributed by atoms with E-state index in [2.05, 4.69) is 42.5 Å². The number of nitrogens with one attached hydrogen (secondary N) is 1. The van der Waals surface area contributed by atoms with Crippen molar-refractivity contribution in [1.29, 1.82) is 0 Å². The molecule has 3 heterocycles. The molecule has 7 nitrogen and oxygen atoms in total. The van der Waals surface area contributed by atoms with Crippen molar-refractivity contribution in [2.45, 2.75) is 11.4 Å². The van der Waals surface area contributed by atoms with Crippen molar-refractivity contribution in [3.8, 4) is 0 Å². The fourth-order valence-corrected chi connectivity index (χ4v) is 3.45. The summed E-state index contributed by atoms with van der Waals surface area (Å²) in [6.45, 7) is 0. The highest BCUT2D eigenvalue weighted by molar-refractivity contribution is 14.1. The minimum absolute atomic E-state index is 0.364. The van der Waals surface area contributed by atoms with E-state index < -0.39 is 6.29 Å². The normalized spacial score (nSPS) is 16.9. The predicted octanol–water partition coefficient (Wildman–Crippen LogP) is 3.18. The van der Waals surface area contributed by atoms with Crippen molar-refractivity contribution in [2.75, 3.05) is 5.73 Å². The molecule has 1 atom stereocenters. The van der Waals surface area contributed by atoms with Crippen LogP contribution in [0.5, 0.6) is 0 Å². The van der Waals surface area contributed by atoms with E-state index >= 15 is 0 Å². The van der Waals surface area contributed by atoms with Crippen LogP contribution in [-0.4, -0.2) is 19.9 Å². The molecule has 2 aromatic heterocycles. The molecule has 1 aliphatic rings. The summed E-state index contributed by atoms with van der Waals surface area (Å²) in [5.74, 6) is 0.364. The van der Waals surface area contributed by atoms with Crippen LogP contribution >= 0.6 is 34.4 Å². The standard InChI is InChI=1S/C14H10IN5O2S/c15-8-4-2-1-3-7(8)13-21-5-9(22-13)23-14-19-10-11(16)17-6-18-12(10)20-14/h1-6,13H,(H3,16,17,18,19,20). The van der Waals surface area contributed by atoms with Crippen molar-refractivity contribution in [3.05, 3.63) is 51.1 Å². The molecule has 0 saturated carbocycles. The Morgan fingerprint density at radius 1 is 1.26 bits per heavy atom. The van der Waals surface area contributed by atoms with Gasteiger partial charge in [-0.15, -0.1) is 0 Å². The molecule has 9 heteroatoms. The lowest BCUT2D eigenvalue weighted by Crippen LogP contribution is -2.00. The zero-order valence-corrected chi connectivity index (χ0v) is 14.5. The van der Waals surface area contributed by atoms with Crippen LogP contribution in [0, 0.1) is 3.57 Å². The van der Waals surface area contributed by atoms with Gasteiger partial charge in [0.05, 0.1) is 0 Å². The van der Waals surface area contributed by atoms with Gasteiger partial charge in [0.15, 0.2) is 16.6 Å². The average Bonchev–Trinajstić information content (AvgIpc) is 3.16. The molecule has 0 saturated heterocycles. The first kappa shape index (κ1) is 14.6. The molecule has 116 valence electrons. The van der Waals surface area contributed by atoms with Gasteiger partial charge in [0.1, 0.15) is 18.1 Å². The number of imidazole rings is 1. The summed E-state index contributed by atoms with van der Waals surface area (Å²) in [4.78, 5) is 15.4. The number of hydrogen-bond donors (Lipinski definition) is 2. The predicted molar refractivity (Wildman–Crippen MR) is 94.1 cm³/mol. The molecule has 0 spiro atoms. The van der Waals surface area contributed by atoms with E-state index in [9.17, 15) is 0 Å². The number of rotatable bonds is 3. The number of halogens is 1. The number of thioether (sulfide) groups is 1. The smallest absolute Gasteiger partial charge is 0.268 e. The van der Waals surface area contributed by atoms with Crippen LogP contribution in [0.1, 0.15) is 11.9 Å². The molecule has 4 rings (SSSR count). The molecule has 23 heavy (non-hydrogen) atoms. The first-order chi connectivity index (χ1) is 11.2. The van der Waals surface area contributed by atoms with Crippen LogP contribution in [0.15, 0.2) is 47.1 Å². The van der Waals surface area contributed by atoms with Crippen LogP contribution in [0.25, 0.3) is 11.2 Å². The van der Waals surface area contributed by atoms with Gasteiger partial charge in [-0.3, -0.25) is 0 Å². The van der Waals surface area contributed by atoms with Crippen LogP contribution in [0.2, 0.25) is 0 Å². The molecular formula is C14H10IN5O2S. The lowest BCUT2D eigenvalue weighted by molar-refractivity contribution is -0.0279. The summed E-state index contributed by atoms with van der Waals surface area (Å²) in [5.41, 5.74) is 7.91. The maximum atomic E-state index is 5.83. The highest BCUT2D eigenvalue weighted by Crippen LogP contribution is 2.38. The molecule has 0 aliphatic carbocycles. The minimum Gasteiger partial charge on any atom is -0.454 e. The Hall–Kier alpha value is -2.01. The van der Waals surface area contributed by atoms with Gasteiger partial charge in [0, 0.05) is 9.13 Å². The number of fused-ring (bicyclic) bond motifs is 1. The van der Waals surface area contributed by atoms with Crippen molar-refractivity contribution >= 4 is 51.3 Å². The summed E-state index contributed by atoms with van der Waals surface area (Å²) in [6, 6.07) is 7.92. The summed E-state index contributed by atoms with van der Waals surface area (Å²) in [5, 5.41) is 1.23. The second-order valence-electron chi connectivity index (χ2n) is 4.65. The van der Waals surface area contributed by atoms with E-state index in [0.29, 0.717) is 27.2 Å². The topological polar surface area (TPSA) is 98.9 Å². The molecular weight excluding hydrogens is 429 g/mol. The second-order valence-corrected chi connectivity index (χ2v) is 6.80. The third-order valence-corrected chi connectivity index (χ3v) is 4.93. The molecule has 0 bridgehead atoms. The minimum atomic E-state index is -0.445. The van der Waals surface area contributed by atoms with E-state index in [1.165, 1.54) is 18.1 Å². The van der Waals surface area contributed by atoms with Gasteiger partial charge in [0.2, 0.25) is 5.09 Å². The van der Waals surface area contributed by atoms with E-state index in [-0.39, 0.29) is 0 Å². The SMILES string of the molecule is Nc1ncnc2nc(SC3=COC(c4ccccc4I)O3)[nH]c12. The Balaban J connectivity index is 1.52. The van der Waals surface area contributed by atoms with Gasteiger partial charge in [0.25, 0.3) is 6.29 Å². The van der Waals surface area contributed by atoms with Gasteiger partial charge in [-0.1, -0.05) is 18.2 Å². The molecule has 1 unspecified atom stereocenters. The number of nitrogens with zero attached hydrogens (tertiary/aromatic N) is 3. The maximum absolute atomic E-state index is 5.83. The Morgan fingerprint density at radius 2 is 2.13 bits per heavy atom. The molecule has 0 radical (unpaired) electrons. The van der Waals surface area contributed by atoms with Crippen LogP contribution in [0.4, 0.5) is 5.82 Å². The summed E-state index contributed by atoms with van der Waals surface area (Å²) >= 11 is 3.57. The number of nitrogen functional groups attached to an aromatic ring is 1. The molecule has 3 aromatic rings. The third-order valence-electron chi connectivity index (χ3n) is 3.16. The first-order valence-electron chi connectivity index (χ1n) is 6.61. The van der Waals surface area contributed by atoms with Gasteiger partial charge in [-0.25, -0.2) is 15.0 Å². The molecule has 3 N–H and O–H groups in total. The number of aromatic amines is 1. The fourth-order valence-electron chi connectivity index (χ4n) is 2.10. The summed E-state index contributed by atoms with van der Waals surface area (Å²) in [7, 11) is 0. The summed E-state index contributed by atoms with van der Waals surface area (Å²) in [6.07, 6.45) is 2.52. The number of ether oxygens (including phenoxy) is 2. The fraction of sp³-hybridized carbons (Fsp3) is 0.0714. The lowest BCUT2D eigenvalue weighted by Gasteiger charge is -2.12. The lowest BCUT2D eigenvalue weighted by atomic mass is 10.2. The second kappa shape index (κ2) is 5.89. The molecule has 0 amide bonds. The van der Waals surface area contributed by atoms with E-state index in [1.807, 2.05) is 24.3 Å². The summed E-state index contributed by atoms with van der Waals surface area (Å²) < 4.78 is 12.5. The van der Waals surface area contributed by atoms with Crippen molar-refractivity contribution in [3.63, 3.8) is 0 Å². The number of aromatic nitrogens is 4. The first-order valence-corrected chi connectivity index (χ1v) is 8.51. The highest BCUT2D eigenvalue weighted by Gasteiger charge is 2.25. The third kappa shape index (κ3) is 2.81. The Kier molecular flexibility index (Phi) is 3.73. The largest absolute Gasteiger partial charge is 0.454 e. The monoisotopic (exact) mass is 439 g/mol. The van der Waals surface area contributed by atoms with Gasteiger partial charge in [-0.2, -0.15) is 0 Å². The Labute approximate surface area is 148 Å². The van der Waals surface area contributed by atoms with Crippen molar-refractivity contribution < 1.29 is 9.47 Å². The van der Waals surface area contributed by atoms with Gasteiger partial charge < -0.3 is 20.2 Å². The molecule has 1 aromatic carbocycles. The quantitative estimate of drug-likeness (QED) is 0.605. The zero-order chi connectivity index (χ0) is 15.8. The van der Waals surface area contributed by atoms with Crippen LogP contribution < -0.4 is 5.73 Å². The Morgan fingerprint density at radius 3 is 2.96 bits per heavy atom. The van der Waals surface area contributed by atoms with E-state index in [4.69, 9.17) is 15.2 Å². The van der Waals surface area contributed by atoms with Gasteiger partial charge in [-0.05, 0) is 40.4 Å². The van der Waals surface area contributed by atoms with Gasteiger partial charge >= 0.3 is 0 Å². The average molecular weight is 439 g/mol. The number of nitrogens with two attached hydrogens (primary N) is 1. The van der Waals surface area contributed by atoms with Crippen LogP contribution in [-0.2, 0) is 9.47 Å². The number of hydrogen-bond acceptors (Lipinski definition) is 7. The molecule has 0 fully saturated rings. The maximum Gasteiger partial charge on any atom is 0.268 e. The Bertz CT molecular complexity index is 913. The van der Waals surface area contributed by atoms with E-state index in [0.717, 1.165) is 9.13 Å². The number of benzene rings is 1.